The predicted molar refractivity (Wildman–Crippen MR) is 97.5 cm³/mol. The molecule has 1 aliphatic carbocycles. The number of fused-ring (bicyclic) bond motifs is 1. The maximum Gasteiger partial charge on any atom is 0.257 e. The molecule has 0 aliphatic heterocycles. The minimum Gasteiger partial charge on any atom is -0.338 e. The summed E-state index contributed by atoms with van der Waals surface area (Å²) in [6, 6.07) is 18.8. The van der Waals surface area contributed by atoms with E-state index in [1.165, 1.54) is 16.7 Å². The molecule has 0 bridgehead atoms. The van der Waals surface area contributed by atoms with Crippen molar-refractivity contribution in [2.24, 2.45) is 0 Å². The Morgan fingerprint density at radius 3 is 2.40 bits per heavy atom. The average Bonchev–Trinajstić information content (AvgIpc) is 3.28. The fraction of sp³-hybridized carbons (Fsp3) is 0.238. The first kappa shape index (κ1) is 15.6. The molecule has 3 aromatic rings. The van der Waals surface area contributed by atoms with E-state index in [9.17, 15) is 4.79 Å². The first-order valence-electron chi connectivity index (χ1n) is 8.61. The van der Waals surface area contributed by atoms with Gasteiger partial charge in [0.25, 0.3) is 5.91 Å². The standard InChI is InChI=1S/C21H21N3O/c1-23(20-11-17-9-5-6-10-18(17)12-20)21(25)19-13-22-24(15-19)14-16-7-3-2-4-8-16/h2-10,13,15,20H,11-12,14H2,1H3. The molecular weight excluding hydrogens is 310 g/mol. The Bertz CT molecular complexity index is 860. The molecule has 0 saturated heterocycles. The first-order valence-corrected chi connectivity index (χ1v) is 8.61. The molecule has 4 rings (SSSR count). The topological polar surface area (TPSA) is 38.1 Å². The van der Waals surface area contributed by atoms with Gasteiger partial charge in [0.2, 0.25) is 0 Å². The van der Waals surface area contributed by atoms with Crippen LogP contribution in [0.3, 0.4) is 0 Å². The molecule has 1 heterocycles. The van der Waals surface area contributed by atoms with Crippen LogP contribution in [0.5, 0.6) is 0 Å². The lowest BCUT2D eigenvalue weighted by molar-refractivity contribution is 0.0737. The number of carbonyl (C=O) groups excluding carboxylic acids is 1. The number of rotatable bonds is 4. The number of likely N-dealkylation sites (N-methyl/N-ethyl adjacent to an activating group) is 1. The third kappa shape index (κ3) is 3.20. The third-order valence-corrected chi connectivity index (χ3v) is 4.97. The molecular formula is C21H21N3O. The van der Waals surface area contributed by atoms with E-state index >= 15 is 0 Å². The summed E-state index contributed by atoms with van der Waals surface area (Å²) in [5.41, 5.74) is 4.53. The summed E-state index contributed by atoms with van der Waals surface area (Å²) in [5, 5.41) is 4.35. The molecule has 4 heteroatoms. The fourth-order valence-corrected chi connectivity index (χ4v) is 3.51. The Kier molecular flexibility index (Phi) is 4.10. The van der Waals surface area contributed by atoms with Crippen LogP contribution in [-0.4, -0.2) is 33.7 Å². The molecule has 4 nitrogen and oxygen atoms in total. The van der Waals surface area contributed by atoms with Gasteiger partial charge in [-0.25, -0.2) is 0 Å². The maximum absolute atomic E-state index is 12.8. The summed E-state index contributed by atoms with van der Waals surface area (Å²) in [6.45, 7) is 0.673. The number of amides is 1. The highest BCUT2D eigenvalue weighted by Crippen LogP contribution is 2.25. The van der Waals surface area contributed by atoms with Crippen LogP contribution in [0.15, 0.2) is 67.0 Å². The van der Waals surface area contributed by atoms with Crippen LogP contribution in [0.2, 0.25) is 0 Å². The molecule has 0 saturated carbocycles. The summed E-state index contributed by atoms with van der Waals surface area (Å²) in [5.74, 6) is 0.0390. The second-order valence-electron chi connectivity index (χ2n) is 6.66. The van der Waals surface area contributed by atoms with Crippen LogP contribution in [0.25, 0.3) is 0 Å². The van der Waals surface area contributed by atoms with Crippen molar-refractivity contribution in [2.75, 3.05) is 7.05 Å². The summed E-state index contributed by atoms with van der Waals surface area (Å²) in [4.78, 5) is 14.7. The average molecular weight is 331 g/mol. The van der Waals surface area contributed by atoms with Crippen LogP contribution in [0.1, 0.15) is 27.0 Å². The molecule has 0 atom stereocenters. The minimum atomic E-state index is 0.0390. The molecule has 25 heavy (non-hydrogen) atoms. The molecule has 0 unspecified atom stereocenters. The van der Waals surface area contributed by atoms with Crippen molar-refractivity contribution in [3.05, 3.63) is 89.2 Å². The van der Waals surface area contributed by atoms with Crippen molar-refractivity contribution in [1.82, 2.24) is 14.7 Å². The van der Waals surface area contributed by atoms with Gasteiger partial charge in [-0.2, -0.15) is 5.10 Å². The van der Waals surface area contributed by atoms with Crippen LogP contribution < -0.4 is 0 Å². The molecule has 1 amide bonds. The minimum absolute atomic E-state index is 0.0390. The Morgan fingerprint density at radius 2 is 1.72 bits per heavy atom. The summed E-state index contributed by atoms with van der Waals surface area (Å²) >= 11 is 0. The van der Waals surface area contributed by atoms with Gasteiger partial charge in [0.05, 0.1) is 18.3 Å². The molecule has 0 fully saturated rings. The molecule has 2 aromatic carbocycles. The van der Waals surface area contributed by atoms with Crippen molar-refractivity contribution in [3.8, 4) is 0 Å². The van der Waals surface area contributed by atoms with Crippen molar-refractivity contribution >= 4 is 5.91 Å². The van der Waals surface area contributed by atoms with Gasteiger partial charge in [0.15, 0.2) is 0 Å². The second-order valence-corrected chi connectivity index (χ2v) is 6.66. The normalized spacial score (nSPS) is 13.6. The fourth-order valence-electron chi connectivity index (χ4n) is 3.51. The predicted octanol–water partition coefficient (Wildman–Crippen LogP) is 3.17. The van der Waals surface area contributed by atoms with E-state index in [4.69, 9.17) is 0 Å². The molecule has 1 aromatic heterocycles. The van der Waals surface area contributed by atoms with E-state index in [1.54, 1.807) is 6.20 Å². The highest BCUT2D eigenvalue weighted by atomic mass is 16.2. The van der Waals surface area contributed by atoms with E-state index < -0.39 is 0 Å². The first-order chi connectivity index (χ1) is 12.2. The van der Waals surface area contributed by atoms with Gasteiger partial charge in [0, 0.05) is 19.3 Å². The summed E-state index contributed by atoms with van der Waals surface area (Å²) < 4.78 is 1.82. The van der Waals surface area contributed by atoms with Gasteiger partial charge < -0.3 is 4.90 Å². The lowest BCUT2D eigenvalue weighted by Gasteiger charge is -2.23. The lowest BCUT2D eigenvalue weighted by atomic mass is 10.1. The molecule has 0 radical (unpaired) electrons. The van der Waals surface area contributed by atoms with Gasteiger partial charge in [-0.3, -0.25) is 9.48 Å². The largest absolute Gasteiger partial charge is 0.338 e. The SMILES string of the molecule is CN(C(=O)c1cnn(Cc2ccccc2)c1)C1Cc2ccccc2C1. The molecule has 1 aliphatic rings. The molecule has 126 valence electrons. The Morgan fingerprint density at radius 1 is 1.08 bits per heavy atom. The van der Waals surface area contributed by atoms with Crippen molar-refractivity contribution < 1.29 is 4.79 Å². The van der Waals surface area contributed by atoms with Gasteiger partial charge in [0.1, 0.15) is 0 Å². The highest BCUT2D eigenvalue weighted by Gasteiger charge is 2.28. The van der Waals surface area contributed by atoms with E-state index in [-0.39, 0.29) is 11.9 Å². The van der Waals surface area contributed by atoms with E-state index in [1.807, 2.05) is 41.0 Å². The quantitative estimate of drug-likeness (QED) is 0.736. The summed E-state index contributed by atoms with van der Waals surface area (Å²) in [6.07, 6.45) is 5.37. The van der Waals surface area contributed by atoms with Gasteiger partial charge in [-0.15, -0.1) is 0 Å². The summed E-state index contributed by atoms with van der Waals surface area (Å²) in [7, 11) is 1.90. The number of benzene rings is 2. The second kappa shape index (κ2) is 6.55. The number of nitrogens with zero attached hydrogens (tertiary/aromatic N) is 3. The van der Waals surface area contributed by atoms with Crippen molar-refractivity contribution in [1.29, 1.82) is 0 Å². The van der Waals surface area contributed by atoms with Crippen LogP contribution in [0, 0.1) is 0 Å². The lowest BCUT2D eigenvalue weighted by Crippen LogP contribution is -2.37. The van der Waals surface area contributed by atoms with Crippen molar-refractivity contribution in [3.63, 3.8) is 0 Å². The van der Waals surface area contributed by atoms with Crippen LogP contribution >= 0.6 is 0 Å². The van der Waals surface area contributed by atoms with Gasteiger partial charge >= 0.3 is 0 Å². The number of hydrogen-bond acceptors (Lipinski definition) is 2. The number of hydrogen-bond donors (Lipinski definition) is 0. The Hall–Kier alpha value is -2.88. The zero-order valence-electron chi connectivity index (χ0n) is 14.3. The third-order valence-electron chi connectivity index (χ3n) is 4.97. The molecule has 0 N–H and O–H groups in total. The number of aromatic nitrogens is 2. The van der Waals surface area contributed by atoms with Crippen molar-refractivity contribution in [2.45, 2.75) is 25.4 Å². The Labute approximate surface area is 147 Å². The highest BCUT2D eigenvalue weighted by molar-refractivity contribution is 5.93. The number of carbonyl (C=O) groups is 1. The van der Waals surface area contributed by atoms with Crippen LogP contribution in [0.4, 0.5) is 0 Å². The van der Waals surface area contributed by atoms with E-state index in [2.05, 4.69) is 41.5 Å². The molecule has 0 spiro atoms. The van der Waals surface area contributed by atoms with Crippen LogP contribution in [-0.2, 0) is 19.4 Å². The maximum atomic E-state index is 12.8. The zero-order chi connectivity index (χ0) is 17.2. The smallest absolute Gasteiger partial charge is 0.257 e. The monoisotopic (exact) mass is 331 g/mol. The van der Waals surface area contributed by atoms with Gasteiger partial charge in [-0.1, -0.05) is 54.6 Å². The Balaban J connectivity index is 1.45. The van der Waals surface area contributed by atoms with Gasteiger partial charge in [-0.05, 0) is 29.5 Å². The van der Waals surface area contributed by atoms with E-state index in [0.29, 0.717) is 12.1 Å². The van der Waals surface area contributed by atoms with E-state index in [0.717, 1.165) is 12.8 Å². The zero-order valence-corrected chi connectivity index (χ0v) is 14.3.